The molecular weight excluding hydrogens is 320 g/mol. The molecule has 1 heterocycles. The fourth-order valence-electron chi connectivity index (χ4n) is 3.64. The summed E-state index contributed by atoms with van der Waals surface area (Å²) in [6, 6.07) is 9.36. The lowest BCUT2D eigenvalue weighted by atomic mass is 9.92. The number of benzene rings is 1. The van der Waals surface area contributed by atoms with Crippen molar-refractivity contribution in [3.05, 3.63) is 63.5 Å². The van der Waals surface area contributed by atoms with E-state index in [0.29, 0.717) is 13.0 Å². The van der Waals surface area contributed by atoms with Crippen LogP contribution in [0.4, 0.5) is 0 Å². The van der Waals surface area contributed by atoms with Gasteiger partial charge >= 0.3 is 0 Å². The fourth-order valence-corrected chi connectivity index (χ4v) is 3.64. The summed E-state index contributed by atoms with van der Waals surface area (Å²) in [5, 5.41) is 18.3. The summed E-state index contributed by atoms with van der Waals surface area (Å²) in [5.41, 5.74) is 3.39. The number of hydrogen-bond acceptors (Lipinski definition) is 4. The van der Waals surface area contributed by atoms with E-state index in [0.717, 1.165) is 30.5 Å². The van der Waals surface area contributed by atoms with E-state index in [1.165, 1.54) is 5.56 Å². The lowest BCUT2D eigenvalue weighted by molar-refractivity contribution is -0.497. The van der Waals surface area contributed by atoms with Gasteiger partial charge in [0.2, 0.25) is 11.9 Å². The molecule has 0 unspecified atom stereocenters. The third kappa shape index (κ3) is 3.14. The van der Waals surface area contributed by atoms with Crippen molar-refractivity contribution in [2.24, 2.45) is 5.92 Å². The summed E-state index contributed by atoms with van der Waals surface area (Å²) in [4.78, 5) is 22.7. The van der Waals surface area contributed by atoms with Gasteiger partial charge in [-0.25, -0.2) is 0 Å². The van der Waals surface area contributed by atoms with Crippen LogP contribution in [0.3, 0.4) is 0 Å². The molecule has 2 aromatic rings. The lowest BCUT2D eigenvalue weighted by Gasteiger charge is -2.24. The minimum absolute atomic E-state index is 0.0891. The Morgan fingerprint density at radius 3 is 2.88 bits per heavy atom. The molecule has 0 saturated heterocycles. The lowest BCUT2D eigenvalue weighted by Crippen LogP contribution is -2.33. The number of aromatic nitrogens is 2. The molecule has 0 aliphatic heterocycles. The minimum atomic E-state index is -0.705. The van der Waals surface area contributed by atoms with Crippen LogP contribution in [0, 0.1) is 16.0 Å². The van der Waals surface area contributed by atoms with E-state index in [1.807, 2.05) is 29.1 Å². The highest BCUT2D eigenvalue weighted by Crippen LogP contribution is 2.35. The summed E-state index contributed by atoms with van der Waals surface area (Å²) in [6.07, 6.45) is 4.95. The summed E-state index contributed by atoms with van der Waals surface area (Å²) >= 11 is 0. The summed E-state index contributed by atoms with van der Waals surface area (Å²) in [5.74, 6) is -0.671. The van der Waals surface area contributed by atoms with Crippen molar-refractivity contribution in [2.45, 2.75) is 44.3 Å². The fraction of sp³-hybridized carbons (Fsp3) is 0.444. The van der Waals surface area contributed by atoms with Crippen LogP contribution in [-0.2, 0) is 17.8 Å². The van der Waals surface area contributed by atoms with Gasteiger partial charge in [0, 0.05) is 22.6 Å². The highest BCUT2D eigenvalue weighted by atomic mass is 16.6. The number of nitro groups is 1. The molecule has 1 amide bonds. The van der Waals surface area contributed by atoms with Crippen LogP contribution in [0.25, 0.3) is 0 Å². The number of carbonyl (C=O) groups is 1. The topological polar surface area (TPSA) is 90.1 Å². The second-order valence-electron chi connectivity index (χ2n) is 6.84. The number of hydrogen-bond donors (Lipinski definition) is 1. The maximum Gasteiger partial charge on any atom is 0.230 e. The van der Waals surface area contributed by atoms with Gasteiger partial charge in [0.1, 0.15) is 5.92 Å². The van der Waals surface area contributed by atoms with Gasteiger partial charge in [0.05, 0.1) is 18.8 Å². The highest BCUT2D eigenvalue weighted by Gasteiger charge is 2.53. The zero-order valence-electron chi connectivity index (χ0n) is 13.8. The van der Waals surface area contributed by atoms with Gasteiger partial charge in [-0.15, -0.1) is 0 Å². The molecule has 1 aromatic heterocycles. The summed E-state index contributed by atoms with van der Waals surface area (Å²) < 4.78 is 2.00. The Morgan fingerprint density at radius 1 is 1.36 bits per heavy atom. The van der Waals surface area contributed by atoms with Gasteiger partial charge in [0.25, 0.3) is 0 Å². The normalized spacial score (nSPS) is 24.4. The molecule has 3 atom stereocenters. The third-order valence-corrected chi connectivity index (χ3v) is 5.12. The van der Waals surface area contributed by atoms with E-state index in [1.54, 1.807) is 0 Å². The van der Waals surface area contributed by atoms with Gasteiger partial charge < -0.3 is 5.32 Å². The number of amides is 1. The molecule has 0 bridgehead atoms. The van der Waals surface area contributed by atoms with Gasteiger partial charge in [0.15, 0.2) is 0 Å². The van der Waals surface area contributed by atoms with Crippen LogP contribution < -0.4 is 5.32 Å². The molecule has 1 saturated carbocycles. The Hall–Kier alpha value is -2.70. The van der Waals surface area contributed by atoms with E-state index in [2.05, 4.69) is 22.5 Å². The molecule has 0 spiro atoms. The molecule has 1 aromatic carbocycles. The van der Waals surface area contributed by atoms with Crippen molar-refractivity contribution < 1.29 is 9.72 Å². The monoisotopic (exact) mass is 340 g/mol. The Labute approximate surface area is 145 Å². The van der Waals surface area contributed by atoms with Crippen LogP contribution in [0.15, 0.2) is 36.5 Å². The van der Waals surface area contributed by atoms with Gasteiger partial charge in [-0.1, -0.05) is 30.3 Å². The predicted octanol–water partition coefficient (Wildman–Crippen LogP) is 2.09. The Bertz CT molecular complexity index is 802. The maximum absolute atomic E-state index is 12.3. The van der Waals surface area contributed by atoms with E-state index in [4.69, 9.17) is 0 Å². The first-order valence-electron chi connectivity index (χ1n) is 8.66. The quantitative estimate of drug-likeness (QED) is 0.666. The second-order valence-corrected chi connectivity index (χ2v) is 6.84. The number of fused-ring (bicyclic) bond motifs is 1. The average molecular weight is 340 g/mol. The Morgan fingerprint density at radius 2 is 2.16 bits per heavy atom. The molecule has 1 N–H and O–H groups in total. The smallest absolute Gasteiger partial charge is 0.230 e. The third-order valence-electron chi connectivity index (χ3n) is 5.12. The first-order valence-corrected chi connectivity index (χ1v) is 8.66. The minimum Gasteiger partial charge on any atom is -0.349 e. The Kier molecular flexibility index (Phi) is 3.99. The van der Waals surface area contributed by atoms with Gasteiger partial charge in [-0.2, -0.15) is 5.10 Å². The van der Waals surface area contributed by atoms with Crippen molar-refractivity contribution in [1.29, 1.82) is 0 Å². The number of nitrogens with one attached hydrogen (secondary N) is 1. The van der Waals surface area contributed by atoms with Crippen LogP contribution >= 0.6 is 0 Å². The van der Waals surface area contributed by atoms with Crippen LogP contribution in [-0.4, -0.2) is 26.7 Å². The van der Waals surface area contributed by atoms with Crippen LogP contribution in [0.2, 0.25) is 0 Å². The van der Waals surface area contributed by atoms with Crippen molar-refractivity contribution in [1.82, 2.24) is 15.1 Å². The van der Waals surface area contributed by atoms with E-state index < -0.39 is 12.0 Å². The molecule has 2 aliphatic carbocycles. The molecule has 7 heteroatoms. The second kappa shape index (κ2) is 6.31. The maximum atomic E-state index is 12.3. The van der Waals surface area contributed by atoms with Gasteiger partial charge in [-0.3, -0.25) is 19.6 Å². The average Bonchev–Trinajstić information content (AvgIpc) is 3.33. The predicted molar refractivity (Wildman–Crippen MR) is 90.5 cm³/mol. The molecule has 130 valence electrons. The number of nitrogens with zero attached hydrogens (tertiary/aromatic N) is 3. The molecule has 25 heavy (non-hydrogen) atoms. The van der Waals surface area contributed by atoms with Crippen molar-refractivity contribution in [3.63, 3.8) is 0 Å². The van der Waals surface area contributed by atoms with Crippen LogP contribution in [0.5, 0.6) is 0 Å². The number of carbonyl (C=O) groups excluding carboxylic acids is 1. The summed E-state index contributed by atoms with van der Waals surface area (Å²) in [6.45, 7) is 0.711. The molecule has 4 rings (SSSR count). The SMILES string of the molecule is O=C(N[C@@H]1CCCc2c1cnn2Cc1ccccc1)[C@@H]1C[C@H]1[N+](=O)[O-]. The first kappa shape index (κ1) is 15.8. The van der Waals surface area contributed by atoms with E-state index >= 15 is 0 Å². The van der Waals surface area contributed by atoms with Crippen molar-refractivity contribution in [2.75, 3.05) is 0 Å². The van der Waals surface area contributed by atoms with Crippen LogP contribution in [0.1, 0.15) is 42.1 Å². The zero-order chi connectivity index (χ0) is 17.4. The van der Waals surface area contributed by atoms with Crippen molar-refractivity contribution >= 4 is 5.91 Å². The molecular formula is C18H20N4O3. The summed E-state index contributed by atoms with van der Waals surface area (Å²) in [7, 11) is 0. The molecule has 0 radical (unpaired) electrons. The first-order chi connectivity index (χ1) is 12.1. The van der Waals surface area contributed by atoms with Gasteiger partial charge in [-0.05, 0) is 24.8 Å². The highest BCUT2D eigenvalue weighted by molar-refractivity contribution is 5.82. The standard InChI is InChI=1S/C18H20N4O3/c23-18(13-9-17(13)22(24)25)20-15-7-4-8-16-14(15)10-19-21(16)11-12-5-2-1-3-6-12/h1-3,5-6,10,13,15,17H,4,7-9,11H2,(H,20,23)/t13-,15-,17-/m1/s1. The number of rotatable bonds is 5. The zero-order valence-corrected chi connectivity index (χ0v) is 13.8. The Balaban J connectivity index is 1.47. The molecule has 1 fully saturated rings. The largest absolute Gasteiger partial charge is 0.349 e. The molecule has 2 aliphatic rings. The van der Waals surface area contributed by atoms with E-state index in [9.17, 15) is 14.9 Å². The van der Waals surface area contributed by atoms with E-state index in [-0.39, 0.29) is 16.9 Å². The van der Waals surface area contributed by atoms with Crippen molar-refractivity contribution in [3.8, 4) is 0 Å². The molecule has 7 nitrogen and oxygen atoms in total.